The standard InChI is InChI=1S/C64H36/c1-5-17-37(18-6-1)53-41-25-13-14-26-42(41)54(38-19-7-2-8-20-38)62-50-34-30-46-48-32-36-52-60-51(35-31-47(58(48)60)45-29-33-49(61(53)62)59(50)57(45)46)63-55(39-21-9-3-10-22-39)43-27-15-16-28-44(43)56(64(52)63)40-23-11-4-12-24-40/h1-36H/i1D,2D,3D,4D,5D,6D,7D,8D,9D,10D,11D,12D,17D,18D,19D,20D,21D,22D,23D,24D. The molecule has 0 heteroatoms. The van der Waals surface area contributed by atoms with Crippen LogP contribution in [0, 0.1) is 0 Å². The van der Waals surface area contributed by atoms with Gasteiger partial charge in [0, 0.05) is 0 Å². The zero-order valence-corrected chi connectivity index (χ0v) is 33.2. The molecule has 0 heterocycles. The molecular weight excluding hydrogens is 769 g/mol. The third-order valence-corrected chi connectivity index (χ3v) is 13.4. The molecule has 0 radical (unpaired) electrons. The lowest BCUT2D eigenvalue weighted by molar-refractivity contribution is 1.62. The van der Waals surface area contributed by atoms with Crippen LogP contribution in [0.3, 0.4) is 0 Å². The molecule has 0 aliphatic heterocycles. The molecule has 0 amide bonds. The highest BCUT2D eigenvalue weighted by Crippen LogP contribution is 2.62. The monoisotopic (exact) mass is 824 g/mol. The quantitative estimate of drug-likeness (QED) is 0.122. The number of fused-ring (bicyclic) bond motifs is 10. The summed E-state index contributed by atoms with van der Waals surface area (Å²) in [6, 6.07) is 19.0. The maximum Gasteiger partial charge on any atom is 0.0629 e. The van der Waals surface area contributed by atoms with Gasteiger partial charge in [0.1, 0.15) is 0 Å². The second-order valence-corrected chi connectivity index (χ2v) is 16.2. The zero-order chi connectivity index (χ0) is 59.0. The zero-order valence-electron chi connectivity index (χ0n) is 53.2. The Balaban J connectivity index is 1.11. The Morgan fingerprint density at radius 3 is 0.672 bits per heavy atom. The Kier molecular flexibility index (Phi) is 4.09. The van der Waals surface area contributed by atoms with Crippen molar-refractivity contribution in [1.82, 2.24) is 0 Å². The van der Waals surface area contributed by atoms with Crippen molar-refractivity contribution in [3.05, 3.63) is 218 Å². The van der Waals surface area contributed by atoms with Crippen molar-refractivity contribution in [3.8, 4) is 89.0 Å². The normalized spacial score (nSPS) is 16.8. The van der Waals surface area contributed by atoms with Gasteiger partial charge in [0.15, 0.2) is 0 Å². The molecule has 0 N–H and O–H groups in total. The van der Waals surface area contributed by atoms with Crippen LogP contribution in [0.4, 0.5) is 0 Å². The second kappa shape index (κ2) is 12.6. The molecular formula is C64H36. The molecule has 64 heavy (non-hydrogen) atoms. The maximum atomic E-state index is 9.40. The van der Waals surface area contributed by atoms with Gasteiger partial charge in [0.2, 0.25) is 0 Å². The fourth-order valence-corrected chi connectivity index (χ4v) is 11.2. The Morgan fingerprint density at radius 2 is 0.438 bits per heavy atom. The minimum absolute atomic E-state index is 0.0786. The summed E-state index contributed by atoms with van der Waals surface area (Å²) in [7, 11) is 0. The van der Waals surface area contributed by atoms with Gasteiger partial charge >= 0.3 is 0 Å². The predicted octanol–water partition coefficient (Wildman–Crippen LogP) is 18.0. The summed E-state index contributed by atoms with van der Waals surface area (Å²) in [6.07, 6.45) is 0. The van der Waals surface area contributed by atoms with Crippen LogP contribution in [0.2, 0.25) is 0 Å². The number of hydrogen-bond donors (Lipinski definition) is 0. The lowest BCUT2D eigenvalue weighted by Gasteiger charge is -2.20. The van der Waals surface area contributed by atoms with E-state index in [0.29, 0.717) is 99.1 Å². The third-order valence-electron chi connectivity index (χ3n) is 13.4. The first kappa shape index (κ1) is 20.7. The lowest BCUT2D eigenvalue weighted by Crippen LogP contribution is -1.93. The van der Waals surface area contributed by atoms with E-state index < -0.39 is 121 Å². The molecule has 0 spiro atoms. The van der Waals surface area contributed by atoms with Crippen LogP contribution in [0.5, 0.6) is 0 Å². The van der Waals surface area contributed by atoms with Crippen molar-refractivity contribution in [2.24, 2.45) is 0 Å². The summed E-state index contributed by atoms with van der Waals surface area (Å²) >= 11 is 0. The summed E-state index contributed by atoms with van der Waals surface area (Å²) in [5.74, 6) is 0. The first-order valence-electron chi connectivity index (χ1n) is 30.8. The Hall–Kier alpha value is -8.32. The highest BCUT2D eigenvalue weighted by molar-refractivity contribution is 6.42. The Morgan fingerprint density at radius 1 is 0.203 bits per heavy atom. The molecule has 0 nitrogen and oxygen atoms in total. The van der Waals surface area contributed by atoms with Crippen molar-refractivity contribution in [2.75, 3.05) is 0 Å². The van der Waals surface area contributed by atoms with Crippen LogP contribution in [-0.2, 0) is 0 Å². The van der Waals surface area contributed by atoms with Crippen molar-refractivity contribution in [1.29, 1.82) is 0 Å². The smallest absolute Gasteiger partial charge is 0.0622 e. The van der Waals surface area contributed by atoms with E-state index in [-0.39, 0.29) is 22.3 Å². The summed E-state index contributed by atoms with van der Waals surface area (Å²) in [4.78, 5) is 0. The average molecular weight is 825 g/mol. The Bertz CT molecular complexity index is 4610. The van der Waals surface area contributed by atoms with Crippen molar-refractivity contribution in [2.45, 2.75) is 0 Å². The fraction of sp³-hybridized carbons (Fsp3) is 0. The molecule has 0 bridgehead atoms. The van der Waals surface area contributed by atoms with E-state index in [2.05, 4.69) is 0 Å². The molecule has 0 aromatic heterocycles. The maximum absolute atomic E-state index is 9.40. The highest BCUT2D eigenvalue weighted by Gasteiger charge is 2.35. The van der Waals surface area contributed by atoms with Gasteiger partial charge in [-0.1, -0.05) is 218 Å². The van der Waals surface area contributed by atoms with Gasteiger partial charge in [-0.15, -0.1) is 0 Å². The molecule has 0 unspecified atom stereocenters. The first-order valence-corrected chi connectivity index (χ1v) is 20.8. The van der Waals surface area contributed by atoms with Crippen LogP contribution in [0.25, 0.3) is 154 Å². The molecule has 13 aromatic rings. The second-order valence-electron chi connectivity index (χ2n) is 16.2. The van der Waals surface area contributed by atoms with E-state index in [1.54, 1.807) is 48.5 Å². The summed E-state index contributed by atoms with van der Waals surface area (Å²) < 4.78 is 180. The van der Waals surface area contributed by atoms with E-state index in [1.807, 2.05) is 48.5 Å². The van der Waals surface area contributed by atoms with Gasteiger partial charge in [-0.05, 0) is 154 Å². The molecule has 0 saturated heterocycles. The molecule has 2 aliphatic rings. The summed E-state index contributed by atoms with van der Waals surface area (Å²) in [6.45, 7) is 0. The van der Waals surface area contributed by atoms with Crippen LogP contribution in [0.15, 0.2) is 218 Å². The van der Waals surface area contributed by atoms with Crippen LogP contribution >= 0.6 is 0 Å². The van der Waals surface area contributed by atoms with Crippen molar-refractivity contribution < 1.29 is 27.4 Å². The van der Waals surface area contributed by atoms with Crippen LogP contribution in [0.1, 0.15) is 27.4 Å². The molecule has 2 aliphatic carbocycles. The van der Waals surface area contributed by atoms with Gasteiger partial charge < -0.3 is 0 Å². The number of rotatable bonds is 4. The van der Waals surface area contributed by atoms with Gasteiger partial charge in [-0.2, -0.15) is 0 Å². The summed E-state index contributed by atoms with van der Waals surface area (Å²) in [5.41, 5.74) is 5.06. The summed E-state index contributed by atoms with van der Waals surface area (Å²) in [5, 5.41) is 7.61. The van der Waals surface area contributed by atoms with E-state index in [1.165, 1.54) is 0 Å². The Labute approximate surface area is 398 Å². The third kappa shape index (κ3) is 4.32. The molecule has 292 valence electrons. The largest absolute Gasteiger partial charge is 0.0629 e. The van der Waals surface area contributed by atoms with E-state index in [4.69, 9.17) is 16.4 Å². The first-order chi connectivity index (χ1) is 40.1. The molecule has 0 saturated carbocycles. The van der Waals surface area contributed by atoms with Gasteiger partial charge in [0.25, 0.3) is 0 Å². The molecule has 0 atom stereocenters. The van der Waals surface area contributed by atoms with Crippen molar-refractivity contribution >= 4 is 64.6 Å². The predicted molar refractivity (Wildman–Crippen MR) is 273 cm³/mol. The van der Waals surface area contributed by atoms with Gasteiger partial charge in [-0.25, -0.2) is 0 Å². The van der Waals surface area contributed by atoms with E-state index in [0.717, 1.165) is 32.3 Å². The fourth-order valence-electron chi connectivity index (χ4n) is 11.2. The van der Waals surface area contributed by atoms with Gasteiger partial charge in [-0.3, -0.25) is 0 Å². The van der Waals surface area contributed by atoms with E-state index >= 15 is 0 Å². The molecule has 13 aromatic carbocycles. The SMILES string of the molecule is [2H]c1c([2H])c([2H])c(-c2c3c(c(-c4c([2H])c([2H])c([2H])c([2H])c4[2H])c4ccccc24)-c2ccc4c5ccc6c7c(ccc(c8ccc-3c2c84)c75)-c2c-6c(-c3c([2H])c([2H])c([2H])c([2H])c3[2H])c3ccccc3c2-c2c([2H])c([2H])c([2H])c([2H])c2[2H])c([2H])c1[2H]. The van der Waals surface area contributed by atoms with Crippen LogP contribution < -0.4 is 0 Å². The number of hydrogen-bond acceptors (Lipinski definition) is 0. The minimum Gasteiger partial charge on any atom is -0.0622 e. The minimum atomic E-state index is -0.581. The molecule has 15 rings (SSSR count). The number of benzene rings is 13. The molecule has 0 fully saturated rings. The lowest BCUT2D eigenvalue weighted by atomic mass is 9.82. The van der Waals surface area contributed by atoms with Crippen LogP contribution in [-0.4, -0.2) is 0 Å². The van der Waals surface area contributed by atoms with E-state index in [9.17, 15) is 11.0 Å². The van der Waals surface area contributed by atoms with Gasteiger partial charge in [0.05, 0.1) is 27.4 Å². The van der Waals surface area contributed by atoms with Crippen molar-refractivity contribution in [3.63, 3.8) is 0 Å². The topological polar surface area (TPSA) is 0 Å². The average Bonchev–Trinajstić information content (AvgIpc) is 2.16. The highest BCUT2D eigenvalue weighted by atomic mass is 14.4.